The summed E-state index contributed by atoms with van der Waals surface area (Å²) in [5, 5.41) is 11.2. The van der Waals surface area contributed by atoms with Crippen molar-refractivity contribution in [3.05, 3.63) is 33.9 Å². The summed E-state index contributed by atoms with van der Waals surface area (Å²) >= 11 is 0. The predicted octanol–water partition coefficient (Wildman–Crippen LogP) is 1.37. The van der Waals surface area contributed by atoms with Gasteiger partial charge in [-0.15, -0.1) is 0 Å². The molecule has 27 heavy (non-hydrogen) atoms. The van der Waals surface area contributed by atoms with Crippen molar-refractivity contribution in [1.82, 2.24) is 4.90 Å². The maximum Gasteiger partial charge on any atom is 0.274 e. The summed E-state index contributed by atoms with van der Waals surface area (Å²) < 4.78 is 11.4. The number of anilines is 1. The zero-order valence-electron chi connectivity index (χ0n) is 15.1. The second kappa shape index (κ2) is 6.66. The lowest BCUT2D eigenvalue weighted by atomic mass is 10.0. The van der Waals surface area contributed by atoms with Gasteiger partial charge in [0.15, 0.2) is 5.79 Å². The first kappa shape index (κ1) is 18.0. The summed E-state index contributed by atoms with van der Waals surface area (Å²) in [6.45, 7) is 3.99. The van der Waals surface area contributed by atoms with Crippen LogP contribution in [0.1, 0.15) is 24.8 Å². The molecule has 2 amide bonds. The summed E-state index contributed by atoms with van der Waals surface area (Å²) in [6, 6.07) is 3.88. The van der Waals surface area contributed by atoms with E-state index in [9.17, 15) is 19.7 Å². The van der Waals surface area contributed by atoms with Crippen molar-refractivity contribution in [2.24, 2.45) is 0 Å². The fourth-order valence-electron chi connectivity index (χ4n) is 4.07. The van der Waals surface area contributed by atoms with Crippen LogP contribution in [0, 0.1) is 17.0 Å². The van der Waals surface area contributed by atoms with Crippen LogP contribution in [-0.2, 0) is 19.1 Å². The van der Waals surface area contributed by atoms with E-state index < -0.39 is 16.8 Å². The standard InChI is InChI=1S/C18H21N3O6/c1-12-2-3-13(10-14(12)21(24)25)20-16(22)11-15(17(20)23)19-6-4-18(5-7-19)26-8-9-27-18/h2-3,10,15H,4-9,11H2,1H3/t15-/m0/s1. The van der Waals surface area contributed by atoms with E-state index in [0.717, 1.165) is 4.90 Å². The minimum atomic E-state index is -0.545. The van der Waals surface area contributed by atoms with Crippen molar-refractivity contribution in [1.29, 1.82) is 0 Å². The van der Waals surface area contributed by atoms with Gasteiger partial charge in [-0.05, 0) is 13.0 Å². The lowest BCUT2D eigenvalue weighted by Gasteiger charge is -2.39. The van der Waals surface area contributed by atoms with Gasteiger partial charge >= 0.3 is 0 Å². The summed E-state index contributed by atoms with van der Waals surface area (Å²) in [4.78, 5) is 39.2. The Morgan fingerprint density at radius 3 is 2.48 bits per heavy atom. The molecule has 9 heteroatoms. The molecule has 144 valence electrons. The largest absolute Gasteiger partial charge is 0.347 e. The number of amides is 2. The molecule has 0 saturated carbocycles. The van der Waals surface area contributed by atoms with Gasteiger partial charge in [0.1, 0.15) is 0 Å². The molecule has 0 radical (unpaired) electrons. The number of nitrogens with zero attached hydrogens (tertiary/aromatic N) is 3. The molecule has 3 aliphatic heterocycles. The second-order valence-electron chi connectivity index (χ2n) is 7.16. The first-order chi connectivity index (χ1) is 12.9. The first-order valence-electron chi connectivity index (χ1n) is 9.04. The summed E-state index contributed by atoms with van der Waals surface area (Å²) in [6.07, 6.45) is 1.39. The van der Waals surface area contributed by atoms with Crippen molar-refractivity contribution >= 4 is 23.2 Å². The first-order valence-corrected chi connectivity index (χ1v) is 9.04. The lowest BCUT2D eigenvalue weighted by molar-refractivity contribution is -0.385. The van der Waals surface area contributed by atoms with Crippen LogP contribution in [0.5, 0.6) is 0 Å². The van der Waals surface area contributed by atoms with Crippen molar-refractivity contribution in [3.8, 4) is 0 Å². The molecule has 1 aromatic carbocycles. The number of nitro groups is 1. The molecule has 4 rings (SSSR count). The molecular formula is C18H21N3O6. The molecule has 3 heterocycles. The Bertz CT molecular complexity index is 794. The summed E-state index contributed by atoms with van der Waals surface area (Å²) in [7, 11) is 0. The maximum atomic E-state index is 12.9. The minimum absolute atomic E-state index is 0.0786. The quantitative estimate of drug-likeness (QED) is 0.447. The number of ether oxygens (including phenoxy) is 2. The third-order valence-electron chi connectivity index (χ3n) is 5.58. The lowest BCUT2D eigenvalue weighted by Crippen LogP contribution is -2.51. The number of benzene rings is 1. The Morgan fingerprint density at radius 2 is 1.85 bits per heavy atom. The third kappa shape index (κ3) is 3.11. The Kier molecular flexibility index (Phi) is 4.45. The number of aryl methyl sites for hydroxylation is 1. The van der Waals surface area contributed by atoms with E-state index in [1.807, 2.05) is 4.90 Å². The minimum Gasteiger partial charge on any atom is -0.347 e. The fraction of sp³-hybridized carbons (Fsp3) is 0.556. The average molecular weight is 375 g/mol. The van der Waals surface area contributed by atoms with Crippen LogP contribution in [0.2, 0.25) is 0 Å². The van der Waals surface area contributed by atoms with E-state index >= 15 is 0 Å². The van der Waals surface area contributed by atoms with Gasteiger partial charge in [0, 0.05) is 37.6 Å². The number of piperidine rings is 1. The molecule has 1 atom stereocenters. The van der Waals surface area contributed by atoms with Gasteiger partial charge < -0.3 is 9.47 Å². The van der Waals surface area contributed by atoms with Gasteiger partial charge in [0.05, 0.1) is 36.3 Å². The fourth-order valence-corrected chi connectivity index (χ4v) is 4.07. The molecule has 9 nitrogen and oxygen atoms in total. The average Bonchev–Trinajstić information content (AvgIpc) is 3.21. The van der Waals surface area contributed by atoms with E-state index in [1.54, 1.807) is 19.1 Å². The van der Waals surface area contributed by atoms with Gasteiger partial charge in [-0.2, -0.15) is 0 Å². The number of carbonyl (C=O) groups is 2. The molecule has 0 bridgehead atoms. The van der Waals surface area contributed by atoms with E-state index in [2.05, 4.69) is 0 Å². The highest BCUT2D eigenvalue weighted by atomic mass is 16.7. The molecule has 0 aromatic heterocycles. The molecule has 3 saturated heterocycles. The summed E-state index contributed by atoms with van der Waals surface area (Å²) in [5.41, 5.74) is 0.630. The number of nitro benzene ring substituents is 1. The maximum absolute atomic E-state index is 12.9. The molecule has 0 aliphatic carbocycles. The number of rotatable bonds is 3. The zero-order chi connectivity index (χ0) is 19.2. The van der Waals surface area contributed by atoms with Gasteiger partial charge in [-0.3, -0.25) is 24.6 Å². The van der Waals surface area contributed by atoms with Crippen molar-refractivity contribution in [3.63, 3.8) is 0 Å². The van der Waals surface area contributed by atoms with E-state index in [4.69, 9.17) is 9.47 Å². The number of hydrogen-bond donors (Lipinski definition) is 0. The molecular weight excluding hydrogens is 354 g/mol. The zero-order valence-corrected chi connectivity index (χ0v) is 15.1. The smallest absolute Gasteiger partial charge is 0.274 e. The number of imide groups is 1. The molecule has 1 spiro atoms. The van der Waals surface area contributed by atoms with E-state index in [-0.39, 0.29) is 29.6 Å². The Morgan fingerprint density at radius 1 is 1.19 bits per heavy atom. The van der Waals surface area contributed by atoms with Gasteiger partial charge in [0.25, 0.3) is 11.6 Å². The van der Waals surface area contributed by atoms with Gasteiger partial charge in [-0.25, -0.2) is 4.90 Å². The molecule has 1 aromatic rings. The van der Waals surface area contributed by atoms with Crippen molar-refractivity contribution in [2.45, 2.75) is 38.0 Å². The van der Waals surface area contributed by atoms with Crippen molar-refractivity contribution in [2.75, 3.05) is 31.2 Å². The monoisotopic (exact) mass is 375 g/mol. The molecule has 0 N–H and O–H groups in total. The Hall–Kier alpha value is -2.36. The molecule has 0 unspecified atom stereocenters. The van der Waals surface area contributed by atoms with Crippen LogP contribution in [0.15, 0.2) is 18.2 Å². The van der Waals surface area contributed by atoms with Crippen LogP contribution < -0.4 is 4.90 Å². The van der Waals surface area contributed by atoms with E-state index in [0.29, 0.717) is 44.7 Å². The van der Waals surface area contributed by atoms with Crippen LogP contribution in [0.4, 0.5) is 11.4 Å². The van der Waals surface area contributed by atoms with Crippen LogP contribution in [-0.4, -0.2) is 59.8 Å². The second-order valence-corrected chi connectivity index (χ2v) is 7.16. The van der Waals surface area contributed by atoms with Gasteiger partial charge in [0.2, 0.25) is 5.91 Å². The highest BCUT2D eigenvalue weighted by Crippen LogP contribution is 2.35. The van der Waals surface area contributed by atoms with Crippen LogP contribution in [0.3, 0.4) is 0 Å². The van der Waals surface area contributed by atoms with Gasteiger partial charge in [-0.1, -0.05) is 6.07 Å². The normalized spacial score (nSPS) is 25.5. The van der Waals surface area contributed by atoms with Crippen LogP contribution in [0.25, 0.3) is 0 Å². The topological polar surface area (TPSA) is 102 Å². The SMILES string of the molecule is Cc1ccc(N2C(=O)C[C@H](N3CCC4(CC3)OCCO4)C2=O)cc1[N+](=O)[O-]. The molecule has 3 fully saturated rings. The van der Waals surface area contributed by atoms with E-state index in [1.165, 1.54) is 6.07 Å². The Balaban J connectivity index is 1.51. The predicted molar refractivity (Wildman–Crippen MR) is 94.2 cm³/mol. The number of likely N-dealkylation sites (tertiary alicyclic amines) is 1. The van der Waals surface area contributed by atoms with Crippen molar-refractivity contribution < 1.29 is 24.0 Å². The van der Waals surface area contributed by atoms with Crippen LogP contribution >= 0.6 is 0 Å². The summed E-state index contributed by atoms with van der Waals surface area (Å²) in [5.74, 6) is -1.21. The number of carbonyl (C=O) groups excluding carboxylic acids is 2. The molecule has 3 aliphatic rings. The number of hydrogen-bond acceptors (Lipinski definition) is 7. The highest BCUT2D eigenvalue weighted by molar-refractivity contribution is 6.22. The highest BCUT2D eigenvalue weighted by Gasteiger charge is 2.47. The Labute approximate surface area is 156 Å². The third-order valence-corrected chi connectivity index (χ3v) is 5.58.